The van der Waals surface area contributed by atoms with Crippen molar-refractivity contribution >= 4 is 11.8 Å². The van der Waals surface area contributed by atoms with Crippen molar-refractivity contribution in [3.05, 3.63) is 53.6 Å². The molecule has 1 heterocycles. The minimum Gasteiger partial charge on any atom is -0.497 e. The Balaban J connectivity index is 1.90. The van der Waals surface area contributed by atoms with E-state index in [0.717, 1.165) is 5.56 Å². The number of benzene rings is 2. The van der Waals surface area contributed by atoms with Crippen LogP contribution in [0.25, 0.3) is 0 Å². The van der Waals surface area contributed by atoms with Crippen LogP contribution in [0.15, 0.2) is 42.5 Å². The van der Waals surface area contributed by atoms with Gasteiger partial charge in [0, 0.05) is 49.9 Å². The second kappa shape index (κ2) is 10.9. The zero-order chi connectivity index (χ0) is 23.1. The number of rotatable bonds is 9. The van der Waals surface area contributed by atoms with E-state index in [0.29, 0.717) is 49.1 Å². The Morgan fingerprint density at radius 3 is 2.41 bits per heavy atom. The minimum absolute atomic E-state index is 0.120. The summed E-state index contributed by atoms with van der Waals surface area (Å²) in [4.78, 5) is 28.0. The summed E-state index contributed by atoms with van der Waals surface area (Å²) < 4.78 is 21.2. The monoisotopic (exact) mass is 442 g/mol. The maximum Gasteiger partial charge on any atom is 0.254 e. The summed E-state index contributed by atoms with van der Waals surface area (Å²) in [6, 6.07) is 12.6. The van der Waals surface area contributed by atoms with E-state index in [1.54, 1.807) is 63.7 Å². The van der Waals surface area contributed by atoms with Gasteiger partial charge in [0.1, 0.15) is 17.2 Å². The van der Waals surface area contributed by atoms with E-state index < -0.39 is 5.92 Å². The first kappa shape index (κ1) is 23.4. The summed E-state index contributed by atoms with van der Waals surface area (Å²) in [6.45, 7) is 1.51. The fourth-order valence-corrected chi connectivity index (χ4v) is 4.02. The van der Waals surface area contributed by atoms with E-state index in [1.807, 2.05) is 12.1 Å². The van der Waals surface area contributed by atoms with Crippen molar-refractivity contribution in [2.45, 2.75) is 5.92 Å². The van der Waals surface area contributed by atoms with Crippen LogP contribution >= 0.6 is 0 Å². The molecule has 0 aliphatic carbocycles. The van der Waals surface area contributed by atoms with Gasteiger partial charge in [-0.15, -0.1) is 0 Å². The van der Waals surface area contributed by atoms with Crippen molar-refractivity contribution in [2.24, 2.45) is 5.92 Å². The van der Waals surface area contributed by atoms with Crippen molar-refractivity contribution in [2.75, 3.05) is 54.7 Å². The fraction of sp³-hybridized carbons (Fsp3) is 0.417. The number of hydrogen-bond acceptors (Lipinski definition) is 6. The first-order chi connectivity index (χ1) is 15.5. The van der Waals surface area contributed by atoms with Crippen molar-refractivity contribution < 1.29 is 28.5 Å². The molecule has 2 atom stereocenters. The summed E-state index contributed by atoms with van der Waals surface area (Å²) in [5, 5.41) is 2.92. The van der Waals surface area contributed by atoms with Crippen LogP contribution in [-0.2, 0) is 9.53 Å². The molecule has 1 aliphatic rings. The highest BCUT2D eigenvalue weighted by atomic mass is 16.5. The third kappa shape index (κ3) is 5.13. The van der Waals surface area contributed by atoms with E-state index in [4.69, 9.17) is 18.9 Å². The molecule has 2 aromatic carbocycles. The summed E-state index contributed by atoms with van der Waals surface area (Å²) in [5.41, 5.74) is 1.38. The standard InChI is InChI=1S/C24H30N2O6/c1-29-11-10-25-23(27)21-15-26(24(28)16-6-5-7-17(12-16)30-2)14-20(21)19-9-8-18(31-3)13-22(19)32-4/h5-9,12-13,20-21H,10-11,14-15H2,1-4H3,(H,25,27)/t20-,21+/m0/s1. The molecule has 0 aromatic heterocycles. The predicted octanol–water partition coefficient (Wildman–Crippen LogP) is 2.33. The fourth-order valence-electron chi connectivity index (χ4n) is 4.02. The van der Waals surface area contributed by atoms with Crippen LogP contribution in [0.1, 0.15) is 21.8 Å². The Labute approximate surface area is 188 Å². The van der Waals surface area contributed by atoms with Gasteiger partial charge in [-0.25, -0.2) is 0 Å². The molecule has 0 unspecified atom stereocenters. The van der Waals surface area contributed by atoms with Gasteiger partial charge in [0.25, 0.3) is 5.91 Å². The highest BCUT2D eigenvalue weighted by molar-refractivity contribution is 5.95. The third-order valence-electron chi connectivity index (χ3n) is 5.71. The second-order valence-electron chi connectivity index (χ2n) is 7.55. The van der Waals surface area contributed by atoms with Crippen molar-refractivity contribution in [1.29, 1.82) is 0 Å². The zero-order valence-corrected chi connectivity index (χ0v) is 18.9. The molecule has 0 bridgehead atoms. The molecule has 172 valence electrons. The lowest BCUT2D eigenvalue weighted by Crippen LogP contribution is -2.37. The first-order valence-corrected chi connectivity index (χ1v) is 10.4. The molecule has 0 spiro atoms. The quantitative estimate of drug-likeness (QED) is 0.600. The van der Waals surface area contributed by atoms with Gasteiger partial charge < -0.3 is 29.2 Å². The second-order valence-corrected chi connectivity index (χ2v) is 7.55. The summed E-state index contributed by atoms with van der Waals surface area (Å²) in [7, 11) is 6.32. The molecule has 1 N–H and O–H groups in total. The number of methoxy groups -OCH3 is 4. The average Bonchev–Trinajstić information content (AvgIpc) is 3.28. The highest BCUT2D eigenvalue weighted by Crippen LogP contribution is 2.39. The van der Waals surface area contributed by atoms with E-state index in [-0.39, 0.29) is 17.7 Å². The van der Waals surface area contributed by atoms with Crippen molar-refractivity contribution in [1.82, 2.24) is 10.2 Å². The molecule has 8 nitrogen and oxygen atoms in total. The molecule has 1 saturated heterocycles. The molecule has 1 aliphatic heterocycles. The lowest BCUT2D eigenvalue weighted by Gasteiger charge is -2.21. The first-order valence-electron chi connectivity index (χ1n) is 10.4. The maximum absolute atomic E-state index is 13.2. The van der Waals surface area contributed by atoms with Crippen LogP contribution in [0.2, 0.25) is 0 Å². The smallest absolute Gasteiger partial charge is 0.254 e. The van der Waals surface area contributed by atoms with E-state index in [2.05, 4.69) is 5.32 Å². The lowest BCUT2D eigenvalue weighted by atomic mass is 9.87. The number of amides is 2. The van der Waals surface area contributed by atoms with Crippen LogP contribution in [-0.4, -0.2) is 71.4 Å². The number of carbonyl (C=O) groups excluding carboxylic acids is 2. The molecule has 2 amide bonds. The Morgan fingerprint density at radius 1 is 0.969 bits per heavy atom. The molecule has 0 radical (unpaired) electrons. The van der Waals surface area contributed by atoms with Crippen LogP contribution in [0.3, 0.4) is 0 Å². The van der Waals surface area contributed by atoms with Crippen molar-refractivity contribution in [3.8, 4) is 17.2 Å². The maximum atomic E-state index is 13.2. The SMILES string of the molecule is COCCNC(=O)[C@@H]1CN(C(=O)c2cccc(OC)c2)C[C@H]1c1ccc(OC)cc1OC. The molecule has 3 rings (SSSR count). The number of nitrogens with zero attached hydrogens (tertiary/aromatic N) is 1. The Hall–Kier alpha value is -3.26. The van der Waals surface area contributed by atoms with Crippen LogP contribution in [0.5, 0.6) is 17.2 Å². The van der Waals surface area contributed by atoms with Gasteiger partial charge in [0.2, 0.25) is 5.91 Å². The third-order valence-corrected chi connectivity index (χ3v) is 5.71. The molecular weight excluding hydrogens is 412 g/mol. The molecule has 32 heavy (non-hydrogen) atoms. The Morgan fingerprint density at radius 2 is 1.72 bits per heavy atom. The number of nitrogens with one attached hydrogen (secondary N) is 1. The molecule has 0 saturated carbocycles. The zero-order valence-electron chi connectivity index (χ0n) is 18.9. The lowest BCUT2D eigenvalue weighted by molar-refractivity contribution is -0.125. The van der Waals surface area contributed by atoms with Gasteiger partial charge in [0.05, 0.1) is 33.9 Å². The van der Waals surface area contributed by atoms with E-state index >= 15 is 0 Å². The predicted molar refractivity (Wildman–Crippen MR) is 120 cm³/mol. The largest absolute Gasteiger partial charge is 0.497 e. The van der Waals surface area contributed by atoms with Gasteiger partial charge in [-0.05, 0) is 24.3 Å². The Bertz CT molecular complexity index is 948. The van der Waals surface area contributed by atoms with Crippen LogP contribution in [0.4, 0.5) is 0 Å². The average molecular weight is 443 g/mol. The van der Waals surface area contributed by atoms with Gasteiger partial charge in [-0.3, -0.25) is 9.59 Å². The minimum atomic E-state index is -0.427. The van der Waals surface area contributed by atoms with Crippen LogP contribution in [0, 0.1) is 5.92 Å². The number of hydrogen-bond donors (Lipinski definition) is 1. The number of carbonyl (C=O) groups is 2. The van der Waals surface area contributed by atoms with E-state index in [9.17, 15) is 9.59 Å². The van der Waals surface area contributed by atoms with Gasteiger partial charge >= 0.3 is 0 Å². The topological polar surface area (TPSA) is 86.3 Å². The summed E-state index contributed by atoms with van der Waals surface area (Å²) in [6.07, 6.45) is 0. The van der Waals surface area contributed by atoms with Gasteiger partial charge in [0.15, 0.2) is 0 Å². The normalized spacial score (nSPS) is 17.7. The van der Waals surface area contributed by atoms with E-state index in [1.165, 1.54) is 0 Å². The van der Waals surface area contributed by atoms with Gasteiger partial charge in [-0.1, -0.05) is 12.1 Å². The van der Waals surface area contributed by atoms with Gasteiger partial charge in [-0.2, -0.15) is 0 Å². The molecule has 1 fully saturated rings. The molecule has 2 aromatic rings. The highest BCUT2D eigenvalue weighted by Gasteiger charge is 2.41. The summed E-state index contributed by atoms with van der Waals surface area (Å²) >= 11 is 0. The Kier molecular flexibility index (Phi) is 7.94. The number of likely N-dealkylation sites (tertiary alicyclic amines) is 1. The molecular formula is C24H30N2O6. The number of ether oxygens (including phenoxy) is 4. The summed E-state index contributed by atoms with van der Waals surface area (Å²) in [5.74, 6) is 0.974. The molecule has 8 heteroatoms. The van der Waals surface area contributed by atoms with Crippen LogP contribution < -0.4 is 19.5 Å². The van der Waals surface area contributed by atoms with Crippen molar-refractivity contribution in [3.63, 3.8) is 0 Å².